The van der Waals surface area contributed by atoms with Gasteiger partial charge in [-0.3, -0.25) is 9.80 Å². The molecule has 2 bridgehead atoms. The molecule has 2 aromatic carbocycles. The number of β-amino-alcohol motifs (C(OH)–C–C–N with tert-alkyl or cyclic N) is 2. The van der Waals surface area contributed by atoms with Crippen LogP contribution in [-0.4, -0.2) is 76.3 Å². The van der Waals surface area contributed by atoms with E-state index in [1.807, 2.05) is 32.0 Å². The molecule has 2 aromatic rings. The maximum absolute atomic E-state index is 12.1. The van der Waals surface area contributed by atoms with Crippen LogP contribution in [0.4, 0.5) is 0 Å². The second kappa shape index (κ2) is 8.95. The van der Waals surface area contributed by atoms with E-state index in [9.17, 15) is 19.8 Å². The molecule has 4 aliphatic rings. The molecule has 0 radical (unpaired) electrons. The molecule has 0 spiro atoms. The lowest BCUT2D eigenvalue weighted by molar-refractivity contribution is 0.0299. The smallest absolute Gasteiger partial charge is 0.338 e. The predicted molar refractivity (Wildman–Crippen MR) is 131 cm³/mol. The first-order valence-corrected chi connectivity index (χ1v) is 12.8. The normalized spacial score (nSPS) is 26.9. The van der Waals surface area contributed by atoms with Gasteiger partial charge in [0.15, 0.2) is 0 Å². The second-order valence-electron chi connectivity index (χ2n) is 10.7. The monoisotopic (exact) mass is 492 g/mol. The average Bonchev–Trinajstić information content (AvgIpc) is 3.53. The molecular formula is C28H32N2O6. The van der Waals surface area contributed by atoms with Crippen molar-refractivity contribution in [1.82, 2.24) is 9.80 Å². The highest BCUT2D eigenvalue weighted by Crippen LogP contribution is 2.35. The Labute approximate surface area is 210 Å². The van der Waals surface area contributed by atoms with Gasteiger partial charge in [0.05, 0.1) is 23.3 Å². The fourth-order valence-corrected chi connectivity index (χ4v) is 6.44. The molecular weight excluding hydrogens is 460 g/mol. The van der Waals surface area contributed by atoms with Crippen LogP contribution < -0.4 is 0 Å². The fraction of sp³-hybridized carbons (Fsp3) is 0.500. The average molecular weight is 493 g/mol. The highest BCUT2D eigenvalue weighted by atomic mass is 16.5. The van der Waals surface area contributed by atoms with Gasteiger partial charge < -0.3 is 19.7 Å². The standard InChI is InChI=1S/C28H32N2O6/c1-15-7-18-8-17(3-4-22(18)28(34)36-15)25(31)12-29-10-20-9-19(29)11-30(20)13-26(32)21-5-6-23-24(16(21)2)14-35-27(23)33/h3-6,8,15,19-20,25-26,31-32H,7,9-14H2,1-2H3/t15-,19-,20?,25-,26+/m1/s1. The number of fused-ring (bicyclic) bond motifs is 4. The number of aliphatic hydroxyl groups is 2. The quantitative estimate of drug-likeness (QED) is 0.593. The van der Waals surface area contributed by atoms with E-state index in [4.69, 9.17) is 9.47 Å². The Bertz CT molecular complexity index is 1230. The summed E-state index contributed by atoms with van der Waals surface area (Å²) in [5, 5.41) is 22.0. The van der Waals surface area contributed by atoms with Gasteiger partial charge in [0.2, 0.25) is 0 Å². The second-order valence-corrected chi connectivity index (χ2v) is 10.7. The molecule has 190 valence electrons. The summed E-state index contributed by atoms with van der Waals surface area (Å²) in [6.07, 6.45) is 0.290. The molecule has 4 heterocycles. The Morgan fingerprint density at radius 1 is 0.972 bits per heavy atom. The fourth-order valence-electron chi connectivity index (χ4n) is 6.44. The minimum absolute atomic E-state index is 0.149. The number of nitrogens with zero attached hydrogens (tertiary/aromatic N) is 2. The summed E-state index contributed by atoms with van der Waals surface area (Å²) < 4.78 is 10.4. The summed E-state index contributed by atoms with van der Waals surface area (Å²) in [5.74, 6) is -0.582. The summed E-state index contributed by atoms with van der Waals surface area (Å²) >= 11 is 0. The van der Waals surface area contributed by atoms with Crippen LogP contribution in [0.25, 0.3) is 0 Å². The molecule has 8 heteroatoms. The Morgan fingerprint density at radius 3 is 2.39 bits per heavy atom. The van der Waals surface area contributed by atoms with E-state index in [1.165, 1.54) is 0 Å². The Balaban J connectivity index is 1.07. The number of likely N-dealkylation sites (tertiary alicyclic amines) is 2. The van der Waals surface area contributed by atoms with Crippen molar-refractivity contribution in [3.05, 3.63) is 69.3 Å². The lowest BCUT2D eigenvalue weighted by Gasteiger charge is -2.36. The first kappa shape index (κ1) is 23.6. The largest absolute Gasteiger partial charge is 0.459 e. The van der Waals surface area contributed by atoms with Gasteiger partial charge in [-0.05, 0) is 54.7 Å². The van der Waals surface area contributed by atoms with Gasteiger partial charge in [0, 0.05) is 50.2 Å². The van der Waals surface area contributed by atoms with Gasteiger partial charge in [-0.1, -0.05) is 18.2 Å². The first-order chi connectivity index (χ1) is 17.3. The molecule has 36 heavy (non-hydrogen) atoms. The molecule has 8 nitrogen and oxygen atoms in total. The van der Waals surface area contributed by atoms with Crippen LogP contribution in [0.1, 0.15) is 74.1 Å². The van der Waals surface area contributed by atoms with Crippen LogP contribution >= 0.6 is 0 Å². The number of hydrogen-bond donors (Lipinski definition) is 2. The number of cyclic esters (lactones) is 2. The summed E-state index contributed by atoms with van der Waals surface area (Å²) in [6, 6.07) is 9.85. The number of rotatable bonds is 6. The van der Waals surface area contributed by atoms with Crippen LogP contribution in [0, 0.1) is 6.92 Å². The molecule has 1 unspecified atom stereocenters. The highest BCUT2D eigenvalue weighted by molar-refractivity contribution is 5.94. The number of piperazine rings is 1. The van der Waals surface area contributed by atoms with Crippen molar-refractivity contribution in [2.24, 2.45) is 0 Å². The van der Waals surface area contributed by atoms with Crippen LogP contribution in [0.15, 0.2) is 30.3 Å². The first-order valence-electron chi connectivity index (χ1n) is 12.8. The molecule has 0 aromatic heterocycles. The van der Waals surface area contributed by atoms with Crippen molar-refractivity contribution in [3.8, 4) is 0 Å². The van der Waals surface area contributed by atoms with Gasteiger partial charge in [-0.25, -0.2) is 9.59 Å². The van der Waals surface area contributed by atoms with E-state index in [-0.39, 0.29) is 24.6 Å². The lowest BCUT2D eigenvalue weighted by atomic mass is 9.95. The molecule has 2 N–H and O–H groups in total. The van der Waals surface area contributed by atoms with Crippen LogP contribution in [0.2, 0.25) is 0 Å². The SMILES string of the molecule is Cc1c([C@@H](O)CN2C[C@H]3CC2CN3C[C@@H](O)c2ccc3c(c2)C[C@@H](C)OC3=O)ccc2c1COC2=O. The Kier molecular flexibility index (Phi) is 5.87. The topological polar surface area (TPSA) is 99.5 Å². The molecule has 4 aliphatic heterocycles. The van der Waals surface area contributed by atoms with Crippen molar-refractivity contribution >= 4 is 11.9 Å². The summed E-state index contributed by atoms with van der Waals surface area (Å²) in [7, 11) is 0. The van der Waals surface area contributed by atoms with Crippen molar-refractivity contribution < 1.29 is 29.3 Å². The van der Waals surface area contributed by atoms with Crippen molar-refractivity contribution in [3.63, 3.8) is 0 Å². The Hall–Kier alpha value is -2.78. The van der Waals surface area contributed by atoms with Crippen molar-refractivity contribution in [2.75, 3.05) is 26.2 Å². The summed E-state index contributed by atoms with van der Waals surface area (Å²) in [6.45, 7) is 6.92. The minimum Gasteiger partial charge on any atom is -0.459 e. The molecule has 2 fully saturated rings. The lowest BCUT2D eigenvalue weighted by Crippen LogP contribution is -2.48. The number of carbonyl (C=O) groups is 2. The third kappa shape index (κ3) is 4.02. The maximum Gasteiger partial charge on any atom is 0.338 e. The van der Waals surface area contributed by atoms with Gasteiger partial charge in [0.1, 0.15) is 12.7 Å². The van der Waals surface area contributed by atoms with Crippen LogP contribution in [-0.2, 0) is 22.5 Å². The van der Waals surface area contributed by atoms with E-state index in [0.29, 0.717) is 42.7 Å². The molecule has 0 amide bonds. The summed E-state index contributed by atoms with van der Waals surface area (Å²) in [4.78, 5) is 28.6. The third-order valence-corrected chi connectivity index (χ3v) is 8.40. The summed E-state index contributed by atoms with van der Waals surface area (Å²) in [5.41, 5.74) is 5.65. The minimum atomic E-state index is -0.631. The van der Waals surface area contributed by atoms with E-state index >= 15 is 0 Å². The van der Waals surface area contributed by atoms with Crippen LogP contribution in [0.3, 0.4) is 0 Å². The van der Waals surface area contributed by atoms with E-state index in [0.717, 1.165) is 47.3 Å². The van der Waals surface area contributed by atoms with Crippen molar-refractivity contribution in [1.29, 1.82) is 0 Å². The molecule has 6 rings (SSSR count). The maximum atomic E-state index is 12.1. The van der Waals surface area contributed by atoms with Crippen molar-refractivity contribution in [2.45, 2.75) is 63.7 Å². The molecule has 2 saturated heterocycles. The number of esters is 2. The van der Waals surface area contributed by atoms with E-state index in [2.05, 4.69) is 9.80 Å². The van der Waals surface area contributed by atoms with E-state index < -0.39 is 12.2 Å². The third-order valence-electron chi connectivity index (χ3n) is 8.40. The number of ether oxygens (including phenoxy) is 2. The Morgan fingerprint density at radius 2 is 1.67 bits per heavy atom. The number of aliphatic hydroxyl groups excluding tert-OH is 2. The number of benzene rings is 2. The number of hydrogen-bond acceptors (Lipinski definition) is 8. The molecule has 0 aliphatic carbocycles. The van der Waals surface area contributed by atoms with E-state index in [1.54, 1.807) is 12.1 Å². The van der Waals surface area contributed by atoms with Crippen LogP contribution in [0.5, 0.6) is 0 Å². The van der Waals surface area contributed by atoms with Gasteiger partial charge in [-0.15, -0.1) is 0 Å². The zero-order valence-electron chi connectivity index (χ0n) is 20.6. The highest BCUT2D eigenvalue weighted by Gasteiger charge is 2.44. The predicted octanol–water partition coefficient (Wildman–Crippen LogP) is 2.29. The van der Waals surface area contributed by atoms with Gasteiger partial charge in [-0.2, -0.15) is 0 Å². The van der Waals surface area contributed by atoms with Gasteiger partial charge in [0.25, 0.3) is 0 Å². The zero-order valence-corrected chi connectivity index (χ0v) is 20.6. The zero-order chi connectivity index (χ0) is 25.1. The number of carbonyl (C=O) groups excluding carboxylic acids is 2. The molecule has 0 saturated carbocycles. The molecule has 5 atom stereocenters. The van der Waals surface area contributed by atoms with Gasteiger partial charge >= 0.3 is 11.9 Å².